The molecule has 0 aliphatic heterocycles. The molecule has 3 N–H and O–H groups in total. The van der Waals surface area contributed by atoms with Crippen molar-refractivity contribution in [3.63, 3.8) is 0 Å². The third-order valence-electron chi connectivity index (χ3n) is 3.59. The van der Waals surface area contributed by atoms with E-state index < -0.39 is 11.9 Å². The van der Waals surface area contributed by atoms with E-state index in [9.17, 15) is 14.4 Å². The average molecular weight is 350 g/mol. The Morgan fingerprint density at radius 3 is 2.17 bits per heavy atom. The molecule has 1 aromatic carbocycles. The van der Waals surface area contributed by atoms with Crippen LogP contribution in [0, 0.1) is 5.92 Å². The van der Waals surface area contributed by atoms with Gasteiger partial charge >= 0.3 is 0 Å². The first-order chi connectivity index (χ1) is 11.2. The summed E-state index contributed by atoms with van der Waals surface area (Å²) in [5.74, 6) is -0.542. The van der Waals surface area contributed by atoms with Gasteiger partial charge in [-0.25, -0.2) is 0 Å². The minimum absolute atomic E-state index is 0.0526. The number of thioether (sulfide) groups is 1. The number of amides is 2. The van der Waals surface area contributed by atoms with E-state index in [-0.39, 0.29) is 22.7 Å². The van der Waals surface area contributed by atoms with E-state index in [1.165, 1.54) is 12.5 Å². The van der Waals surface area contributed by atoms with Crippen molar-refractivity contribution in [2.24, 2.45) is 11.7 Å². The fourth-order valence-corrected chi connectivity index (χ4v) is 3.25. The molecule has 0 heterocycles. The Hall–Kier alpha value is -1.82. The number of carbonyl (C=O) groups excluding carboxylic acids is 3. The van der Waals surface area contributed by atoms with Crippen LogP contribution in [0.2, 0.25) is 0 Å². The summed E-state index contributed by atoms with van der Waals surface area (Å²) in [5.41, 5.74) is 7.43. The zero-order chi connectivity index (χ0) is 18.3. The molecule has 6 heteroatoms. The number of nitrogens with one attached hydrogen (secondary N) is 1. The summed E-state index contributed by atoms with van der Waals surface area (Å²) in [6.07, 6.45) is 1.01. The van der Waals surface area contributed by atoms with E-state index in [4.69, 9.17) is 5.73 Å². The Kier molecular flexibility index (Phi) is 7.98. The van der Waals surface area contributed by atoms with Gasteiger partial charge in [-0.05, 0) is 23.5 Å². The maximum atomic E-state index is 12.3. The quantitative estimate of drug-likeness (QED) is 0.752. The lowest BCUT2D eigenvalue weighted by Gasteiger charge is -2.15. The normalized spacial score (nSPS) is 13.4. The largest absolute Gasteiger partial charge is 0.368 e. The van der Waals surface area contributed by atoms with E-state index in [1.54, 1.807) is 0 Å². The Morgan fingerprint density at radius 2 is 1.71 bits per heavy atom. The molecule has 0 bridgehead atoms. The number of primary amides is 1. The number of hydrogen-bond acceptors (Lipinski definition) is 4. The third kappa shape index (κ3) is 6.74. The maximum Gasteiger partial charge on any atom is 0.240 e. The van der Waals surface area contributed by atoms with E-state index in [2.05, 4.69) is 19.2 Å². The van der Waals surface area contributed by atoms with Crippen molar-refractivity contribution in [1.82, 2.24) is 5.32 Å². The highest BCUT2D eigenvalue weighted by molar-refractivity contribution is 8.13. The summed E-state index contributed by atoms with van der Waals surface area (Å²) in [4.78, 5) is 34.7. The Bertz CT molecular complexity index is 584. The van der Waals surface area contributed by atoms with Crippen molar-refractivity contribution in [3.8, 4) is 0 Å². The molecule has 0 aromatic heterocycles. The topological polar surface area (TPSA) is 89.3 Å². The molecule has 0 saturated heterocycles. The lowest BCUT2D eigenvalue weighted by Crippen LogP contribution is -2.45. The zero-order valence-electron chi connectivity index (χ0n) is 14.7. The standard InChI is InChI=1S/C18H26N2O3S/c1-11(2)9-14-5-7-15(8-6-14)12(3)18(23)24-10-16(17(19)22)20-13(4)21/h5-8,11-12,16H,9-10H2,1-4H3,(H2,19,22)(H,20,21)/t12-,16?/m0/s1. The summed E-state index contributed by atoms with van der Waals surface area (Å²) < 4.78 is 0. The van der Waals surface area contributed by atoms with Crippen molar-refractivity contribution in [1.29, 1.82) is 0 Å². The maximum absolute atomic E-state index is 12.3. The molecule has 1 rings (SSSR count). The van der Waals surface area contributed by atoms with Gasteiger partial charge in [0.05, 0.1) is 5.92 Å². The monoisotopic (exact) mass is 350 g/mol. The van der Waals surface area contributed by atoms with Crippen molar-refractivity contribution in [2.45, 2.75) is 46.1 Å². The first kappa shape index (κ1) is 20.2. The van der Waals surface area contributed by atoms with Crippen molar-refractivity contribution < 1.29 is 14.4 Å². The Balaban J connectivity index is 2.63. The van der Waals surface area contributed by atoms with Crippen LogP contribution >= 0.6 is 11.8 Å². The molecule has 0 aliphatic carbocycles. The van der Waals surface area contributed by atoms with Crippen LogP contribution in [0.4, 0.5) is 0 Å². The van der Waals surface area contributed by atoms with Crippen LogP contribution in [-0.4, -0.2) is 28.7 Å². The van der Waals surface area contributed by atoms with Gasteiger partial charge in [-0.2, -0.15) is 0 Å². The van der Waals surface area contributed by atoms with Gasteiger partial charge in [0.15, 0.2) is 5.12 Å². The summed E-state index contributed by atoms with van der Waals surface area (Å²) in [6.45, 7) is 7.48. The van der Waals surface area contributed by atoms with Gasteiger partial charge in [-0.3, -0.25) is 14.4 Å². The summed E-state index contributed by atoms with van der Waals surface area (Å²) >= 11 is 1.02. The number of nitrogens with two attached hydrogens (primary N) is 1. The second kappa shape index (κ2) is 9.47. The van der Waals surface area contributed by atoms with E-state index in [1.807, 2.05) is 31.2 Å². The van der Waals surface area contributed by atoms with Gasteiger partial charge in [-0.15, -0.1) is 0 Å². The number of rotatable bonds is 8. The molecular formula is C18H26N2O3S. The Labute approximate surface area is 147 Å². The van der Waals surface area contributed by atoms with Crippen molar-refractivity contribution in [3.05, 3.63) is 35.4 Å². The molecule has 1 aromatic rings. The first-order valence-corrected chi connectivity index (χ1v) is 9.01. The lowest BCUT2D eigenvalue weighted by molar-refractivity contribution is -0.125. The van der Waals surface area contributed by atoms with Gasteiger partial charge in [0.2, 0.25) is 11.8 Å². The highest BCUT2D eigenvalue weighted by atomic mass is 32.2. The molecule has 0 spiro atoms. The van der Waals surface area contributed by atoms with Crippen LogP contribution < -0.4 is 11.1 Å². The molecule has 1 unspecified atom stereocenters. The number of carbonyl (C=O) groups is 3. The van der Waals surface area contributed by atoms with Crippen molar-refractivity contribution in [2.75, 3.05) is 5.75 Å². The van der Waals surface area contributed by atoms with Crippen LogP contribution in [0.1, 0.15) is 44.7 Å². The van der Waals surface area contributed by atoms with Crippen LogP contribution in [-0.2, 0) is 20.8 Å². The molecule has 2 amide bonds. The third-order valence-corrected chi connectivity index (χ3v) is 4.73. The highest BCUT2D eigenvalue weighted by Gasteiger charge is 2.21. The van der Waals surface area contributed by atoms with Gasteiger partial charge in [-0.1, -0.05) is 56.8 Å². The van der Waals surface area contributed by atoms with Crippen LogP contribution in [0.15, 0.2) is 24.3 Å². The second-order valence-corrected chi connectivity index (χ2v) is 7.37. The predicted octanol–water partition coefficient (Wildman–Crippen LogP) is 2.24. The minimum Gasteiger partial charge on any atom is -0.368 e. The highest BCUT2D eigenvalue weighted by Crippen LogP contribution is 2.23. The smallest absolute Gasteiger partial charge is 0.240 e. The van der Waals surface area contributed by atoms with E-state index >= 15 is 0 Å². The van der Waals surface area contributed by atoms with Gasteiger partial charge in [0.25, 0.3) is 0 Å². The summed E-state index contributed by atoms with van der Waals surface area (Å²) in [7, 11) is 0. The first-order valence-electron chi connectivity index (χ1n) is 8.02. The predicted molar refractivity (Wildman–Crippen MR) is 97.7 cm³/mol. The lowest BCUT2D eigenvalue weighted by atomic mass is 9.97. The minimum atomic E-state index is -0.836. The molecule has 0 radical (unpaired) electrons. The molecule has 5 nitrogen and oxygen atoms in total. The van der Waals surface area contributed by atoms with E-state index in [0.717, 1.165) is 23.7 Å². The van der Waals surface area contributed by atoms with Gasteiger partial charge in [0.1, 0.15) is 6.04 Å². The SMILES string of the molecule is CC(=O)NC(CSC(=O)[C@@H](C)c1ccc(CC(C)C)cc1)C(N)=O. The van der Waals surface area contributed by atoms with Gasteiger partial charge < -0.3 is 11.1 Å². The number of benzene rings is 1. The zero-order valence-corrected chi connectivity index (χ0v) is 15.5. The van der Waals surface area contributed by atoms with Crippen LogP contribution in [0.25, 0.3) is 0 Å². The second-order valence-electron chi connectivity index (χ2n) is 6.35. The van der Waals surface area contributed by atoms with Crippen molar-refractivity contribution >= 4 is 28.7 Å². The molecule has 0 saturated carbocycles. The molecule has 24 heavy (non-hydrogen) atoms. The average Bonchev–Trinajstić information content (AvgIpc) is 2.50. The molecule has 0 fully saturated rings. The summed E-state index contributed by atoms with van der Waals surface area (Å²) in [5, 5.41) is 2.40. The Morgan fingerprint density at radius 1 is 1.12 bits per heavy atom. The van der Waals surface area contributed by atoms with Crippen LogP contribution in [0.3, 0.4) is 0 Å². The molecule has 0 aliphatic rings. The molecule has 132 valence electrons. The van der Waals surface area contributed by atoms with Crippen LogP contribution in [0.5, 0.6) is 0 Å². The molecule has 2 atom stereocenters. The fraction of sp³-hybridized carbons (Fsp3) is 0.500. The van der Waals surface area contributed by atoms with E-state index in [0.29, 0.717) is 5.92 Å². The van der Waals surface area contributed by atoms with Gasteiger partial charge in [0, 0.05) is 12.7 Å². The molecular weight excluding hydrogens is 324 g/mol. The fourth-order valence-electron chi connectivity index (χ4n) is 2.28. The summed E-state index contributed by atoms with van der Waals surface area (Å²) in [6, 6.07) is 7.21. The number of hydrogen-bond donors (Lipinski definition) is 2.